The number of rotatable bonds is 3. The highest BCUT2D eigenvalue weighted by atomic mass is 79.9. The van der Waals surface area contributed by atoms with Crippen LogP contribution in [0, 0.1) is 0 Å². The Morgan fingerprint density at radius 3 is 3.00 bits per heavy atom. The van der Waals surface area contributed by atoms with Gasteiger partial charge in [0.1, 0.15) is 0 Å². The van der Waals surface area contributed by atoms with Crippen molar-refractivity contribution in [3.05, 3.63) is 20.8 Å². The molecule has 1 fully saturated rings. The molecule has 2 rings (SSSR count). The summed E-state index contributed by atoms with van der Waals surface area (Å²) in [7, 11) is 0. The van der Waals surface area contributed by atoms with Crippen molar-refractivity contribution in [3.63, 3.8) is 0 Å². The Morgan fingerprint density at radius 1 is 1.67 bits per heavy atom. The van der Waals surface area contributed by atoms with Crippen LogP contribution in [0.3, 0.4) is 0 Å². The third kappa shape index (κ3) is 2.25. The largest absolute Gasteiger partial charge is 0.379 e. The Hall–Kier alpha value is 0.490. The monoisotopic (exact) mass is 264 g/mol. The normalized spacial score (nSPS) is 17.8. The summed E-state index contributed by atoms with van der Waals surface area (Å²) in [4.78, 5) is 1.44. The maximum Gasteiger partial charge on any atom is 0.0608 e. The van der Waals surface area contributed by atoms with E-state index in [1.165, 1.54) is 9.35 Å². The highest BCUT2D eigenvalue weighted by molar-refractivity contribution is 9.10. The third-order valence-corrected chi connectivity index (χ3v) is 4.79. The van der Waals surface area contributed by atoms with Crippen LogP contribution in [0.1, 0.15) is 4.88 Å². The van der Waals surface area contributed by atoms with Crippen LogP contribution >= 0.6 is 39.0 Å². The van der Waals surface area contributed by atoms with E-state index in [1.807, 2.05) is 23.1 Å². The van der Waals surface area contributed by atoms with E-state index in [0.717, 1.165) is 24.2 Å². The third-order valence-electron chi connectivity index (χ3n) is 1.69. The number of hydrogen-bond acceptors (Lipinski definition) is 3. The maximum atomic E-state index is 5.10. The Bertz CT molecular complexity index is 257. The van der Waals surface area contributed by atoms with Gasteiger partial charge >= 0.3 is 0 Å². The summed E-state index contributed by atoms with van der Waals surface area (Å²) < 4.78 is 6.30. The van der Waals surface area contributed by atoms with E-state index in [1.54, 1.807) is 0 Å². The minimum Gasteiger partial charge on any atom is -0.379 e. The van der Waals surface area contributed by atoms with Crippen LogP contribution < -0.4 is 0 Å². The van der Waals surface area contributed by atoms with E-state index in [4.69, 9.17) is 4.74 Å². The quantitative estimate of drug-likeness (QED) is 0.830. The molecule has 0 bridgehead atoms. The lowest BCUT2D eigenvalue weighted by Crippen LogP contribution is -2.30. The van der Waals surface area contributed by atoms with Gasteiger partial charge in [0, 0.05) is 20.5 Å². The highest BCUT2D eigenvalue weighted by Gasteiger charge is 2.18. The fraction of sp³-hybridized carbons (Fsp3) is 0.500. The summed E-state index contributed by atoms with van der Waals surface area (Å²) in [5.74, 6) is 1.13. The second-order valence-corrected chi connectivity index (χ2v) is 5.90. The summed E-state index contributed by atoms with van der Waals surface area (Å²) in [5.41, 5.74) is 0. The van der Waals surface area contributed by atoms with Crippen LogP contribution in [-0.4, -0.2) is 18.5 Å². The Morgan fingerprint density at radius 2 is 2.50 bits per heavy atom. The van der Waals surface area contributed by atoms with E-state index >= 15 is 0 Å². The highest BCUT2D eigenvalue weighted by Crippen LogP contribution is 2.28. The second-order valence-electron chi connectivity index (χ2n) is 2.70. The van der Waals surface area contributed by atoms with Gasteiger partial charge in [-0.1, -0.05) is 0 Å². The lowest BCUT2D eigenvalue weighted by Gasteiger charge is -2.24. The van der Waals surface area contributed by atoms with Crippen molar-refractivity contribution in [2.75, 3.05) is 13.2 Å². The molecule has 0 amide bonds. The Labute approximate surface area is 88.6 Å². The van der Waals surface area contributed by atoms with Crippen molar-refractivity contribution in [2.24, 2.45) is 0 Å². The molecule has 0 atom stereocenters. The summed E-state index contributed by atoms with van der Waals surface area (Å²) in [6.45, 7) is 1.88. The van der Waals surface area contributed by atoms with Gasteiger partial charge in [0.25, 0.3) is 0 Å². The summed E-state index contributed by atoms with van der Waals surface area (Å²) in [6, 6.07) is 2.19. The van der Waals surface area contributed by atoms with E-state index < -0.39 is 0 Å². The fourth-order valence-corrected chi connectivity index (χ4v) is 3.52. The lowest BCUT2D eigenvalue weighted by atomic mass is 10.4. The molecule has 0 spiro atoms. The molecule has 1 aliphatic heterocycles. The van der Waals surface area contributed by atoms with Crippen LogP contribution in [0.25, 0.3) is 0 Å². The standard InChI is InChI=1S/C8H9BrOS2/c9-6-1-7(11-4-6)5-12-8-2-10-3-8/h1,4,8H,2-3,5H2. The van der Waals surface area contributed by atoms with Crippen LogP contribution in [0.4, 0.5) is 0 Å². The molecule has 1 nitrogen and oxygen atoms in total. The predicted molar refractivity (Wildman–Crippen MR) is 57.9 cm³/mol. The summed E-state index contributed by atoms with van der Waals surface area (Å²) >= 11 is 7.26. The molecule has 0 N–H and O–H groups in total. The van der Waals surface area contributed by atoms with Gasteiger partial charge < -0.3 is 4.74 Å². The zero-order valence-electron chi connectivity index (χ0n) is 6.46. The van der Waals surface area contributed by atoms with Crippen molar-refractivity contribution < 1.29 is 4.74 Å². The van der Waals surface area contributed by atoms with Crippen molar-refractivity contribution in [1.29, 1.82) is 0 Å². The van der Waals surface area contributed by atoms with Gasteiger partial charge in [0.05, 0.1) is 18.5 Å². The number of hydrogen-bond donors (Lipinski definition) is 0. The first-order chi connectivity index (χ1) is 5.84. The van der Waals surface area contributed by atoms with Gasteiger partial charge in [0.15, 0.2) is 0 Å². The minimum absolute atomic E-state index is 0.742. The first-order valence-corrected chi connectivity index (χ1v) is 6.49. The van der Waals surface area contributed by atoms with E-state index in [2.05, 4.69) is 27.4 Å². The van der Waals surface area contributed by atoms with Gasteiger partial charge in [-0.2, -0.15) is 0 Å². The molecule has 1 aliphatic rings. The molecule has 4 heteroatoms. The first kappa shape index (κ1) is 9.06. The van der Waals surface area contributed by atoms with Crippen LogP contribution in [0.2, 0.25) is 0 Å². The van der Waals surface area contributed by atoms with Crippen molar-refractivity contribution >= 4 is 39.0 Å². The number of halogens is 1. The van der Waals surface area contributed by atoms with Gasteiger partial charge in [-0.05, 0) is 22.0 Å². The molecular weight excluding hydrogens is 256 g/mol. The zero-order valence-corrected chi connectivity index (χ0v) is 9.68. The Kier molecular flexibility index (Phi) is 3.12. The molecule has 2 heterocycles. The lowest BCUT2D eigenvalue weighted by molar-refractivity contribution is 0.0455. The molecule has 0 saturated carbocycles. The smallest absolute Gasteiger partial charge is 0.0608 e. The van der Waals surface area contributed by atoms with E-state index in [0.29, 0.717) is 0 Å². The second kappa shape index (κ2) is 4.13. The van der Waals surface area contributed by atoms with Crippen molar-refractivity contribution in [1.82, 2.24) is 0 Å². The average molecular weight is 265 g/mol. The number of ether oxygens (including phenoxy) is 1. The first-order valence-electron chi connectivity index (χ1n) is 3.77. The molecule has 0 radical (unpaired) electrons. The fourth-order valence-electron chi connectivity index (χ4n) is 0.940. The molecule has 1 aromatic rings. The zero-order chi connectivity index (χ0) is 8.39. The molecule has 0 aromatic carbocycles. The summed E-state index contributed by atoms with van der Waals surface area (Å²) in [5, 5.41) is 2.87. The van der Waals surface area contributed by atoms with Gasteiger partial charge in [-0.3, -0.25) is 0 Å². The molecule has 1 aromatic heterocycles. The summed E-state index contributed by atoms with van der Waals surface area (Å²) in [6.07, 6.45) is 0. The SMILES string of the molecule is Brc1csc(CSC2COC2)c1. The Balaban J connectivity index is 1.79. The van der Waals surface area contributed by atoms with Crippen LogP contribution in [0.15, 0.2) is 15.9 Å². The topological polar surface area (TPSA) is 9.23 Å². The number of thiophene rings is 1. The van der Waals surface area contributed by atoms with E-state index in [-0.39, 0.29) is 0 Å². The maximum absolute atomic E-state index is 5.10. The molecule has 66 valence electrons. The van der Waals surface area contributed by atoms with Crippen molar-refractivity contribution in [2.45, 2.75) is 11.0 Å². The van der Waals surface area contributed by atoms with Gasteiger partial charge in [-0.15, -0.1) is 23.1 Å². The number of thioether (sulfide) groups is 1. The van der Waals surface area contributed by atoms with Gasteiger partial charge in [0.2, 0.25) is 0 Å². The molecule has 0 unspecified atom stereocenters. The minimum atomic E-state index is 0.742. The van der Waals surface area contributed by atoms with Crippen molar-refractivity contribution in [3.8, 4) is 0 Å². The molecule has 12 heavy (non-hydrogen) atoms. The van der Waals surface area contributed by atoms with Crippen LogP contribution in [-0.2, 0) is 10.5 Å². The predicted octanol–water partition coefficient (Wildman–Crippen LogP) is 3.14. The average Bonchev–Trinajstić information content (AvgIpc) is 2.32. The van der Waals surface area contributed by atoms with Crippen LogP contribution in [0.5, 0.6) is 0 Å². The molecule has 0 aliphatic carbocycles. The molecular formula is C8H9BrOS2. The van der Waals surface area contributed by atoms with Gasteiger partial charge in [-0.25, -0.2) is 0 Å². The molecule has 1 saturated heterocycles. The van der Waals surface area contributed by atoms with E-state index in [9.17, 15) is 0 Å².